The molecule has 11 aromatic rings. The molecule has 0 saturated heterocycles. The van der Waals surface area contributed by atoms with Gasteiger partial charge in [-0.3, -0.25) is 0 Å². The first kappa shape index (κ1) is 29.5. The number of hydrogen-bond acceptors (Lipinski definition) is 5. The fraction of sp³-hybridized carbons (Fsp3) is 0. The van der Waals surface area contributed by atoms with Crippen molar-refractivity contribution in [2.75, 3.05) is 0 Å². The van der Waals surface area contributed by atoms with Crippen LogP contribution >= 0.6 is 0 Å². The van der Waals surface area contributed by atoms with Gasteiger partial charge in [-0.05, 0) is 57.9 Å². The first-order valence-electron chi connectivity index (χ1n) is 17.7. The molecule has 0 aliphatic heterocycles. The van der Waals surface area contributed by atoms with Gasteiger partial charge in [0.05, 0.1) is 16.8 Å². The molecule has 0 atom stereocenters. The summed E-state index contributed by atoms with van der Waals surface area (Å²) in [6, 6.07) is 58.6. The largest absolute Gasteiger partial charge is 0.455 e. The number of aromatic nitrogens is 4. The molecule has 0 unspecified atom stereocenters. The molecule has 8 aromatic carbocycles. The van der Waals surface area contributed by atoms with Crippen molar-refractivity contribution >= 4 is 65.2 Å². The highest BCUT2D eigenvalue weighted by Crippen LogP contribution is 2.43. The second-order valence-electron chi connectivity index (χ2n) is 13.4. The van der Waals surface area contributed by atoms with E-state index in [9.17, 15) is 0 Å². The smallest absolute Gasteiger partial charge is 0.167 e. The lowest BCUT2D eigenvalue weighted by atomic mass is 9.96. The van der Waals surface area contributed by atoms with Crippen LogP contribution in [0, 0.1) is 0 Å². The molecule has 0 spiro atoms. The summed E-state index contributed by atoms with van der Waals surface area (Å²) >= 11 is 0. The van der Waals surface area contributed by atoms with Gasteiger partial charge in [0.25, 0.3) is 0 Å². The van der Waals surface area contributed by atoms with Gasteiger partial charge < -0.3 is 4.42 Å². The van der Waals surface area contributed by atoms with Crippen LogP contribution in [0.3, 0.4) is 0 Å². The summed E-state index contributed by atoms with van der Waals surface area (Å²) in [6.07, 6.45) is 0. The maximum absolute atomic E-state index is 6.83. The molecular formula is C48H28N4O. The Labute approximate surface area is 303 Å². The average molecular weight is 677 g/mol. The van der Waals surface area contributed by atoms with Gasteiger partial charge in [0.1, 0.15) is 11.2 Å². The molecule has 0 saturated carbocycles. The summed E-state index contributed by atoms with van der Waals surface area (Å²) in [7, 11) is 0. The Kier molecular flexibility index (Phi) is 6.48. The topological polar surface area (TPSA) is 64.7 Å². The average Bonchev–Trinajstić information content (AvgIpc) is 3.62. The van der Waals surface area contributed by atoms with E-state index < -0.39 is 0 Å². The first-order chi connectivity index (χ1) is 26.2. The molecule has 0 radical (unpaired) electrons. The van der Waals surface area contributed by atoms with E-state index in [1.54, 1.807) is 0 Å². The minimum atomic E-state index is 0.553. The molecule has 246 valence electrons. The van der Waals surface area contributed by atoms with E-state index in [1.807, 2.05) is 18.2 Å². The van der Waals surface area contributed by atoms with Crippen LogP contribution in [0.1, 0.15) is 0 Å². The van der Waals surface area contributed by atoms with Crippen LogP contribution in [-0.2, 0) is 0 Å². The van der Waals surface area contributed by atoms with E-state index in [-0.39, 0.29) is 0 Å². The van der Waals surface area contributed by atoms with Gasteiger partial charge >= 0.3 is 0 Å². The van der Waals surface area contributed by atoms with Crippen molar-refractivity contribution in [3.8, 4) is 45.4 Å². The predicted octanol–water partition coefficient (Wildman–Crippen LogP) is 12.4. The van der Waals surface area contributed by atoms with E-state index in [0.717, 1.165) is 93.1 Å². The SMILES string of the molecule is c1ccc(-c2nc3ccccc3c3c2ccc2oc4c(-c5nc(-c6ccc7ccccc7c6)nc(-c6ccc7ccccc7c6)n5)cccc4c23)cc1. The molecule has 0 bridgehead atoms. The van der Waals surface area contributed by atoms with Gasteiger partial charge in [0.2, 0.25) is 0 Å². The zero-order valence-electron chi connectivity index (χ0n) is 28.4. The Hall–Kier alpha value is -7.24. The highest BCUT2D eigenvalue weighted by Gasteiger charge is 2.21. The summed E-state index contributed by atoms with van der Waals surface area (Å²) in [4.78, 5) is 20.6. The number of para-hydroxylation sites is 2. The minimum Gasteiger partial charge on any atom is -0.455 e. The minimum absolute atomic E-state index is 0.553. The van der Waals surface area contributed by atoms with Crippen molar-refractivity contribution in [2.24, 2.45) is 0 Å². The summed E-state index contributed by atoms with van der Waals surface area (Å²) in [6.45, 7) is 0. The Morgan fingerprint density at radius 1 is 0.358 bits per heavy atom. The maximum atomic E-state index is 6.83. The van der Waals surface area contributed by atoms with Gasteiger partial charge in [-0.2, -0.15) is 0 Å². The van der Waals surface area contributed by atoms with Gasteiger partial charge in [-0.15, -0.1) is 0 Å². The fourth-order valence-corrected chi connectivity index (χ4v) is 7.73. The molecule has 5 heteroatoms. The van der Waals surface area contributed by atoms with E-state index in [4.69, 9.17) is 24.4 Å². The van der Waals surface area contributed by atoms with Crippen molar-refractivity contribution in [3.05, 3.63) is 170 Å². The quantitative estimate of drug-likeness (QED) is 0.174. The van der Waals surface area contributed by atoms with Crippen LogP contribution in [0.5, 0.6) is 0 Å². The molecular weight excluding hydrogens is 649 g/mol. The van der Waals surface area contributed by atoms with Crippen LogP contribution in [0.4, 0.5) is 0 Å². The monoisotopic (exact) mass is 676 g/mol. The third kappa shape index (κ3) is 4.79. The van der Waals surface area contributed by atoms with Gasteiger partial charge in [0.15, 0.2) is 17.5 Å². The third-order valence-electron chi connectivity index (χ3n) is 10.3. The molecule has 0 aliphatic rings. The lowest BCUT2D eigenvalue weighted by molar-refractivity contribution is 0.670. The number of fused-ring (bicyclic) bond motifs is 9. The lowest BCUT2D eigenvalue weighted by Crippen LogP contribution is -2.00. The van der Waals surface area contributed by atoms with Crippen molar-refractivity contribution < 1.29 is 4.42 Å². The molecule has 11 rings (SSSR count). The highest BCUT2D eigenvalue weighted by molar-refractivity contribution is 6.28. The molecule has 0 amide bonds. The third-order valence-corrected chi connectivity index (χ3v) is 10.3. The molecule has 5 nitrogen and oxygen atoms in total. The van der Waals surface area contributed by atoms with Crippen LogP contribution in [0.2, 0.25) is 0 Å². The maximum Gasteiger partial charge on any atom is 0.167 e. The summed E-state index contributed by atoms with van der Waals surface area (Å²) in [5, 5.41) is 9.91. The molecule has 3 aromatic heterocycles. The van der Waals surface area contributed by atoms with Crippen LogP contribution in [0.15, 0.2) is 174 Å². The van der Waals surface area contributed by atoms with E-state index in [2.05, 4.69) is 152 Å². The highest BCUT2D eigenvalue weighted by atomic mass is 16.3. The Bertz CT molecular complexity index is 3140. The zero-order valence-corrected chi connectivity index (χ0v) is 28.4. The molecule has 0 fully saturated rings. The number of hydrogen-bond donors (Lipinski definition) is 0. The Balaban J connectivity index is 1.18. The van der Waals surface area contributed by atoms with Crippen molar-refractivity contribution in [3.63, 3.8) is 0 Å². The molecule has 0 N–H and O–H groups in total. The van der Waals surface area contributed by atoms with Crippen LogP contribution < -0.4 is 0 Å². The summed E-state index contributed by atoms with van der Waals surface area (Å²) < 4.78 is 6.83. The number of benzene rings is 8. The molecule has 3 heterocycles. The number of furan rings is 1. The standard InChI is InChI=1S/C48H28N4O/c1-2-13-31(14-3-1)44-37-25-26-41-43(42(37)36-17-8-9-20-40(36)49-44)38-18-10-19-39(45(38)53-41)48-51-46(34-23-21-29-11-4-6-15-32(29)27-34)50-47(52-48)35-24-22-30-12-5-7-16-33(30)28-35/h1-28H. The second kappa shape index (κ2) is 11.7. The van der Waals surface area contributed by atoms with Gasteiger partial charge in [-0.1, -0.05) is 133 Å². The molecule has 0 aliphatic carbocycles. The fourth-order valence-electron chi connectivity index (χ4n) is 7.73. The second-order valence-corrected chi connectivity index (χ2v) is 13.4. The van der Waals surface area contributed by atoms with E-state index in [0.29, 0.717) is 17.5 Å². The van der Waals surface area contributed by atoms with Crippen LogP contribution in [-0.4, -0.2) is 19.9 Å². The van der Waals surface area contributed by atoms with Gasteiger partial charge in [-0.25, -0.2) is 19.9 Å². The van der Waals surface area contributed by atoms with E-state index in [1.165, 1.54) is 0 Å². The van der Waals surface area contributed by atoms with Crippen molar-refractivity contribution in [1.29, 1.82) is 0 Å². The Morgan fingerprint density at radius 2 is 0.962 bits per heavy atom. The number of rotatable bonds is 4. The number of nitrogens with zero attached hydrogens (tertiary/aromatic N) is 4. The number of pyridine rings is 1. The van der Waals surface area contributed by atoms with Crippen LogP contribution in [0.25, 0.3) is 111 Å². The van der Waals surface area contributed by atoms with Crippen molar-refractivity contribution in [1.82, 2.24) is 19.9 Å². The lowest BCUT2D eigenvalue weighted by Gasteiger charge is -2.11. The predicted molar refractivity (Wildman–Crippen MR) is 217 cm³/mol. The normalized spacial score (nSPS) is 11.8. The summed E-state index contributed by atoms with van der Waals surface area (Å²) in [5.41, 5.74) is 7.14. The zero-order chi connectivity index (χ0) is 34.9. The van der Waals surface area contributed by atoms with Crippen molar-refractivity contribution in [2.45, 2.75) is 0 Å². The van der Waals surface area contributed by atoms with Gasteiger partial charge in [0, 0.05) is 43.6 Å². The molecule has 53 heavy (non-hydrogen) atoms. The first-order valence-corrected chi connectivity index (χ1v) is 17.7. The van der Waals surface area contributed by atoms with E-state index >= 15 is 0 Å². The Morgan fingerprint density at radius 3 is 1.68 bits per heavy atom. The summed E-state index contributed by atoms with van der Waals surface area (Å²) in [5.74, 6) is 1.76.